The summed E-state index contributed by atoms with van der Waals surface area (Å²) in [6, 6.07) is 2.87. The van der Waals surface area contributed by atoms with Gasteiger partial charge in [0.05, 0.1) is 11.6 Å². The maximum Gasteiger partial charge on any atom is 0.305 e. The summed E-state index contributed by atoms with van der Waals surface area (Å²) in [4.78, 5) is 62.7. The number of piperidine rings is 1. The number of ketones is 3. The number of carbonyl (C=O) groups excluding carboxylic acids is 4. The van der Waals surface area contributed by atoms with Gasteiger partial charge in [-0.05, 0) is 74.1 Å². The van der Waals surface area contributed by atoms with Crippen molar-refractivity contribution in [2.24, 2.45) is 5.41 Å². The first-order valence-electron chi connectivity index (χ1n) is 15.5. The Morgan fingerprint density at radius 2 is 1.75 bits per heavy atom. The summed E-state index contributed by atoms with van der Waals surface area (Å²) in [7, 11) is 0. The van der Waals surface area contributed by atoms with Crippen molar-refractivity contribution in [3.63, 3.8) is 0 Å². The fourth-order valence-electron chi connectivity index (χ4n) is 7.27. The summed E-state index contributed by atoms with van der Waals surface area (Å²) in [5.74, 6) is -4.49. The Hall–Kier alpha value is -3.89. The molecule has 3 atom stereocenters. The summed E-state index contributed by atoms with van der Waals surface area (Å²) in [5, 5.41) is 5.23. The fourth-order valence-corrected chi connectivity index (χ4v) is 7.27. The van der Waals surface area contributed by atoms with Crippen molar-refractivity contribution >= 4 is 34.2 Å². The maximum absolute atomic E-state index is 14.9. The van der Waals surface area contributed by atoms with Crippen LogP contribution in [0.15, 0.2) is 24.5 Å². The number of aromatic nitrogens is 4. The van der Waals surface area contributed by atoms with Crippen LogP contribution in [0.4, 0.5) is 8.78 Å². The standard InChI is InChI=1S/C33H37F2N5O4/c1-4-26(42)25-14-32-11-9-28(43)33(34,35)10-7-5-6-8-21-12-22(23-16-36-20(3)37-17-23)13-24-30(19(2)41)38-39(31(21)24)18-29(44)40(25)27(32)15-32/h12-13,16-17,25,27H,4-11,14-15,18H2,1-3H3/t25-,27+,32-/m0/s1. The zero-order valence-corrected chi connectivity index (χ0v) is 25.4. The number of alkyl halides is 2. The molecule has 4 heterocycles. The van der Waals surface area contributed by atoms with Crippen molar-refractivity contribution in [2.45, 2.75) is 110 Å². The van der Waals surface area contributed by atoms with Gasteiger partial charge in [0.25, 0.3) is 0 Å². The Labute approximate surface area is 254 Å². The Kier molecular flexibility index (Phi) is 7.70. The molecule has 3 aromatic rings. The third-order valence-corrected chi connectivity index (χ3v) is 9.78. The molecule has 0 unspecified atom stereocenters. The second kappa shape index (κ2) is 11.2. The van der Waals surface area contributed by atoms with Gasteiger partial charge in [-0.15, -0.1) is 0 Å². The number of hydrogen-bond acceptors (Lipinski definition) is 7. The van der Waals surface area contributed by atoms with Crippen molar-refractivity contribution in [3.8, 4) is 11.1 Å². The molecule has 1 saturated carbocycles. The lowest BCUT2D eigenvalue weighted by Crippen LogP contribution is -2.44. The van der Waals surface area contributed by atoms with E-state index in [-0.39, 0.29) is 61.4 Å². The Morgan fingerprint density at radius 3 is 2.45 bits per heavy atom. The minimum absolute atomic E-state index is 0.0867. The molecule has 2 aliphatic heterocycles. The quantitative estimate of drug-likeness (QED) is 0.364. The van der Waals surface area contributed by atoms with Gasteiger partial charge in [0, 0.05) is 55.6 Å². The number of Topliss-reactive ketones (excluding diaryl/α,β-unsaturated/α-hetero) is 3. The SMILES string of the molecule is CCC(=O)[C@@H]1C[C@]23CCC(=O)C(F)(F)CCCCCc4cc(-c5cnc(C)nc5)cc5c(C(C)=O)nn(c45)CC(=O)N1[C@@H]2C3. The second-order valence-electron chi connectivity index (χ2n) is 12.7. The van der Waals surface area contributed by atoms with Crippen LogP contribution in [0.25, 0.3) is 22.0 Å². The summed E-state index contributed by atoms with van der Waals surface area (Å²) in [5.41, 5.74) is 2.72. The van der Waals surface area contributed by atoms with Gasteiger partial charge in [-0.3, -0.25) is 23.9 Å². The highest BCUT2D eigenvalue weighted by Crippen LogP contribution is 2.62. The van der Waals surface area contributed by atoms with E-state index >= 15 is 0 Å². The summed E-state index contributed by atoms with van der Waals surface area (Å²) < 4.78 is 31.3. The van der Waals surface area contributed by atoms with Gasteiger partial charge in [0.15, 0.2) is 11.6 Å². The van der Waals surface area contributed by atoms with E-state index in [0.29, 0.717) is 48.8 Å². The molecular weight excluding hydrogens is 568 g/mol. The zero-order valence-electron chi connectivity index (χ0n) is 25.4. The molecule has 6 rings (SSSR count). The van der Waals surface area contributed by atoms with Crippen LogP contribution in [0.5, 0.6) is 0 Å². The average Bonchev–Trinajstić information content (AvgIpc) is 3.40. The minimum atomic E-state index is -3.41. The van der Waals surface area contributed by atoms with Crippen LogP contribution in [-0.2, 0) is 27.3 Å². The summed E-state index contributed by atoms with van der Waals surface area (Å²) in [6.07, 6.45) is 5.79. The third-order valence-electron chi connectivity index (χ3n) is 9.78. The lowest BCUT2D eigenvalue weighted by atomic mass is 9.89. The Bertz CT molecular complexity index is 1670. The molecule has 1 aromatic carbocycles. The molecule has 3 aliphatic rings. The first-order valence-corrected chi connectivity index (χ1v) is 15.5. The van der Waals surface area contributed by atoms with E-state index in [9.17, 15) is 28.0 Å². The number of amides is 1. The fraction of sp³-hybridized carbons (Fsp3) is 0.545. The lowest BCUT2D eigenvalue weighted by molar-refractivity contribution is -0.144. The van der Waals surface area contributed by atoms with Gasteiger partial charge in [-0.2, -0.15) is 13.9 Å². The topological polar surface area (TPSA) is 115 Å². The highest BCUT2D eigenvalue weighted by molar-refractivity contribution is 6.07. The normalized spacial score (nSPS) is 25.5. The van der Waals surface area contributed by atoms with Crippen LogP contribution >= 0.6 is 0 Å². The average molecular weight is 606 g/mol. The maximum atomic E-state index is 14.9. The van der Waals surface area contributed by atoms with Crippen LogP contribution in [0.3, 0.4) is 0 Å². The van der Waals surface area contributed by atoms with Gasteiger partial charge in [-0.25, -0.2) is 9.97 Å². The van der Waals surface area contributed by atoms with Gasteiger partial charge in [0.1, 0.15) is 18.1 Å². The molecule has 11 heteroatoms. The second-order valence-corrected chi connectivity index (χ2v) is 12.7. The molecule has 2 aromatic heterocycles. The van der Waals surface area contributed by atoms with Crippen molar-refractivity contribution in [3.05, 3.63) is 41.6 Å². The molecule has 2 fully saturated rings. The number of nitrogens with zero attached hydrogens (tertiary/aromatic N) is 5. The summed E-state index contributed by atoms with van der Waals surface area (Å²) in [6.45, 7) is 4.80. The van der Waals surface area contributed by atoms with Gasteiger partial charge in [-0.1, -0.05) is 13.3 Å². The van der Waals surface area contributed by atoms with E-state index in [2.05, 4.69) is 15.1 Å². The highest BCUT2D eigenvalue weighted by Gasteiger charge is 2.66. The van der Waals surface area contributed by atoms with Crippen molar-refractivity contribution in [1.29, 1.82) is 0 Å². The Balaban J connectivity index is 1.45. The highest BCUT2D eigenvalue weighted by atomic mass is 19.3. The van der Waals surface area contributed by atoms with Crippen LogP contribution < -0.4 is 0 Å². The van der Waals surface area contributed by atoms with Gasteiger partial charge >= 0.3 is 5.92 Å². The molecule has 44 heavy (non-hydrogen) atoms. The molecule has 2 bridgehead atoms. The van der Waals surface area contributed by atoms with Crippen molar-refractivity contribution < 1.29 is 28.0 Å². The first kappa shape index (κ1) is 30.1. The Morgan fingerprint density at radius 1 is 1.00 bits per heavy atom. The molecule has 1 amide bonds. The smallest absolute Gasteiger partial charge is 0.305 e. The van der Waals surface area contributed by atoms with E-state index in [4.69, 9.17) is 0 Å². The number of carbonyl (C=O) groups is 4. The molecule has 1 saturated heterocycles. The van der Waals surface area contributed by atoms with Gasteiger partial charge < -0.3 is 4.90 Å². The zero-order chi connectivity index (χ0) is 31.4. The number of hydrogen-bond donors (Lipinski definition) is 0. The molecule has 1 aliphatic carbocycles. The van der Waals surface area contributed by atoms with Crippen LogP contribution in [-0.4, -0.2) is 65.9 Å². The van der Waals surface area contributed by atoms with Crippen LogP contribution in [0.2, 0.25) is 0 Å². The minimum Gasteiger partial charge on any atom is -0.327 e. The molecule has 232 valence electrons. The van der Waals surface area contributed by atoms with E-state index in [0.717, 1.165) is 16.7 Å². The largest absolute Gasteiger partial charge is 0.327 e. The number of aryl methyl sites for hydroxylation is 2. The van der Waals surface area contributed by atoms with E-state index in [1.807, 2.05) is 12.1 Å². The number of benzene rings is 1. The first-order chi connectivity index (χ1) is 20.9. The molecule has 0 radical (unpaired) electrons. The monoisotopic (exact) mass is 605 g/mol. The number of rotatable bonds is 4. The lowest BCUT2D eigenvalue weighted by Gasteiger charge is -2.26. The van der Waals surface area contributed by atoms with Crippen LogP contribution in [0, 0.1) is 12.3 Å². The van der Waals surface area contributed by atoms with Gasteiger partial charge in [0.2, 0.25) is 11.7 Å². The summed E-state index contributed by atoms with van der Waals surface area (Å²) >= 11 is 0. The van der Waals surface area contributed by atoms with Crippen molar-refractivity contribution in [2.75, 3.05) is 0 Å². The van der Waals surface area contributed by atoms with E-state index in [1.165, 1.54) is 6.92 Å². The third kappa shape index (κ3) is 5.34. The van der Waals surface area contributed by atoms with Crippen molar-refractivity contribution in [1.82, 2.24) is 24.6 Å². The molecule has 0 spiro atoms. The predicted octanol–water partition coefficient (Wildman–Crippen LogP) is 5.44. The van der Waals surface area contributed by atoms with Crippen LogP contribution in [0.1, 0.15) is 93.5 Å². The molecular formula is C33H37F2N5O4. The predicted molar refractivity (Wildman–Crippen MR) is 158 cm³/mol. The molecule has 9 nitrogen and oxygen atoms in total. The van der Waals surface area contributed by atoms with E-state index < -0.39 is 29.6 Å². The van der Waals surface area contributed by atoms with E-state index in [1.54, 1.807) is 35.8 Å². The number of halogens is 2. The molecule has 0 N–H and O–H groups in total.